The molecule has 0 saturated heterocycles. The minimum atomic E-state index is -0.477. The molecule has 1 rings (SSSR count). The average molecular weight is 875 g/mol. The van der Waals surface area contributed by atoms with E-state index in [0.29, 0.717) is 39.0 Å². The van der Waals surface area contributed by atoms with Gasteiger partial charge in [0.05, 0.1) is 38.8 Å². The summed E-state index contributed by atoms with van der Waals surface area (Å²) in [4.78, 5) is 42.3. The molecule has 0 aromatic carbocycles. The van der Waals surface area contributed by atoms with Crippen molar-refractivity contribution < 1.29 is 42.8 Å². The monoisotopic (exact) mass is 875 g/mol. The molecule has 1 heterocycles. The van der Waals surface area contributed by atoms with Crippen LogP contribution in [0.1, 0.15) is 200 Å². The van der Waals surface area contributed by atoms with Crippen LogP contribution in [0.25, 0.3) is 0 Å². The van der Waals surface area contributed by atoms with Gasteiger partial charge in [-0.05, 0) is 64.7 Å². The molecule has 0 aliphatic rings. The van der Waals surface area contributed by atoms with Crippen LogP contribution in [-0.4, -0.2) is 80.0 Å². The number of carbonyl (C=O) groups excluding carboxylic acids is 3. The molecule has 1 atom stereocenters. The number of aryl methyl sites for hydroxylation is 2. The summed E-state index contributed by atoms with van der Waals surface area (Å²) in [6, 6.07) is 0. The molecule has 1 aromatic rings. The van der Waals surface area contributed by atoms with E-state index in [0.717, 1.165) is 76.5 Å². The lowest BCUT2D eigenvalue weighted by atomic mass is 10.1. The molecular weight excluding hydrogens is 785 g/mol. The summed E-state index contributed by atoms with van der Waals surface area (Å²) in [6.45, 7) is 10.6. The van der Waals surface area contributed by atoms with Gasteiger partial charge in [-0.15, -0.1) is 0 Å². The highest BCUT2D eigenvalue weighted by atomic mass is 16.7. The average Bonchev–Trinajstić information content (AvgIpc) is 3.69. The summed E-state index contributed by atoms with van der Waals surface area (Å²) in [5, 5.41) is 0. The molecular formula is C51H90N2O9. The maximum absolute atomic E-state index is 13.0. The summed E-state index contributed by atoms with van der Waals surface area (Å²) < 4.78 is 36.5. The first-order chi connectivity index (χ1) is 30.4. The number of unbranched alkanes of at least 4 members (excludes halogenated alkanes) is 18. The highest BCUT2D eigenvalue weighted by Gasteiger charge is 2.19. The second kappa shape index (κ2) is 43.2. The number of hydrogen-bond acceptors (Lipinski definition) is 10. The van der Waals surface area contributed by atoms with Crippen molar-refractivity contribution in [2.75, 3.05) is 46.2 Å². The largest absolute Gasteiger partial charge is 0.465 e. The zero-order valence-corrected chi connectivity index (χ0v) is 39.9. The Bertz CT molecular complexity index is 1230. The first-order valence-corrected chi connectivity index (χ1v) is 24.9. The molecule has 62 heavy (non-hydrogen) atoms. The van der Waals surface area contributed by atoms with Gasteiger partial charge in [0.25, 0.3) is 0 Å². The number of imidazole rings is 1. The predicted molar refractivity (Wildman–Crippen MR) is 250 cm³/mol. The number of aromatic nitrogens is 2. The third-order valence-corrected chi connectivity index (χ3v) is 10.8. The molecule has 0 radical (unpaired) electrons. The Morgan fingerprint density at radius 3 is 1.71 bits per heavy atom. The van der Waals surface area contributed by atoms with Gasteiger partial charge in [-0.2, -0.15) is 0 Å². The van der Waals surface area contributed by atoms with Crippen LogP contribution >= 0.6 is 0 Å². The van der Waals surface area contributed by atoms with Crippen molar-refractivity contribution in [3.05, 3.63) is 42.5 Å². The van der Waals surface area contributed by atoms with Crippen LogP contribution < -0.4 is 0 Å². The molecule has 0 N–H and O–H groups in total. The number of hydrogen-bond donors (Lipinski definition) is 0. The quantitative estimate of drug-likeness (QED) is 0.0206. The molecule has 358 valence electrons. The molecule has 0 saturated carbocycles. The lowest BCUT2D eigenvalue weighted by Crippen LogP contribution is -2.27. The molecule has 0 fully saturated rings. The molecule has 0 spiro atoms. The summed E-state index contributed by atoms with van der Waals surface area (Å²) in [5.41, 5.74) is 0. The molecule has 0 aliphatic carbocycles. The normalized spacial score (nSPS) is 12.2. The van der Waals surface area contributed by atoms with E-state index in [1.807, 2.05) is 17.7 Å². The fourth-order valence-electron chi connectivity index (χ4n) is 6.85. The van der Waals surface area contributed by atoms with E-state index in [-0.39, 0.29) is 51.4 Å². The summed E-state index contributed by atoms with van der Waals surface area (Å²) in [6.07, 6.45) is 40.1. The minimum Gasteiger partial charge on any atom is -0.465 e. The number of allylic oxidation sites excluding steroid dienone is 4. The van der Waals surface area contributed by atoms with Crippen molar-refractivity contribution in [3.8, 4) is 0 Å². The van der Waals surface area contributed by atoms with Crippen molar-refractivity contribution in [1.82, 2.24) is 9.55 Å². The molecule has 0 amide bonds. The van der Waals surface area contributed by atoms with Gasteiger partial charge in [-0.3, -0.25) is 9.59 Å². The summed E-state index contributed by atoms with van der Waals surface area (Å²) >= 11 is 0. The van der Waals surface area contributed by atoms with Crippen molar-refractivity contribution in [2.24, 2.45) is 5.92 Å². The van der Waals surface area contributed by atoms with Crippen LogP contribution in [-0.2, 0) is 49.3 Å². The summed E-state index contributed by atoms with van der Waals surface area (Å²) in [7, 11) is 0. The van der Waals surface area contributed by atoms with Crippen molar-refractivity contribution in [1.29, 1.82) is 0 Å². The topological polar surface area (TPSA) is 124 Å². The van der Waals surface area contributed by atoms with E-state index in [2.05, 4.69) is 50.1 Å². The van der Waals surface area contributed by atoms with Gasteiger partial charge in [0.1, 0.15) is 12.4 Å². The van der Waals surface area contributed by atoms with Crippen LogP contribution in [0, 0.1) is 12.8 Å². The number of rotatable bonds is 45. The van der Waals surface area contributed by atoms with Crippen LogP contribution in [0.4, 0.5) is 0 Å². The van der Waals surface area contributed by atoms with Crippen molar-refractivity contribution >= 4 is 17.9 Å². The Morgan fingerprint density at radius 1 is 0.581 bits per heavy atom. The van der Waals surface area contributed by atoms with Gasteiger partial charge in [-0.1, -0.05) is 141 Å². The molecule has 0 bridgehead atoms. The summed E-state index contributed by atoms with van der Waals surface area (Å²) in [5.74, 6) is -0.669. The van der Waals surface area contributed by atoms with Crippen LogP contribution in [0.3, 0.4) is 0 Å². The smallest absolute Gasteiger partial charge is 0.332 e. The van der Waals surface area contributed by atoms with Crippen LogP contribution in [0.15, 0.2) is 36.7 Å². The van der Waals surface area contributed by atoms with Crippen molar-refractivity contribution in [2.45, 2.75) is 214 Å². The number of nitrogens with zero attached hydrogens (tertiary/aromatic N) is 2. The highest BCUT2D eigenvalue weighted by Crippen LogP contribution is 2.14. The molecule has 11 heteroatoms. The second-order valence-corrected chi connectivity index (χ2v) is 16.7. The lowest BCUT2D eigenvalue weighted by Gasteiger charge is -2.20. The number of carbonyl (C=O) groups is 3. The third-order valence-electron chi connectivity index (χ3n) is 10.8. The first kappa shape index (κ1) is 57.0. The first-order valence-electron chi connectivity index (χ1n) is 24.9. The van der Waals surface area contributed by atoms with Gasteiger partial charge >= 0.3 is 17.9 Å². The predicted octanol–water partition coefficient (Wildman–Crippen LogP) is 12.5. The maximum atomic E-state index is 13.0. The minimum absolute atomic E-state index is 0.00297. The molecule has 1 aromatic heterocycles. The van der Waals surface area contributed by atoms with Gasteiger partial charge in [-0.25, -0.2) is 9.78 Å². The van der Waals surface area contributed by atoms with E-state index in [1.54, 1.807) is 6.20 Å². The van der Waals surface area contributed by atoms with Gasteiger partial charge in [0.2, 0.25) is 0 Å². The van der Waals surface area contributed by atoms with Gasteiger partial charge in [0, 0.05) is 45.0 Å². The third kappa shape index (κ3) is 36.5. The fraction of sp³-hybridized carbons (Fsp3) is 0.804. The number of ether oxygens (including phenoxy) is 6. The van der Waals surface area contributed by atoms with Gasteiger partial charge < -0.3 is 33.0 Å². The Balaban J connectivity index is 2.53. The van der Waals surface area contributed by atoms with E-state index < -0.39 is 18.2 Å². The lowest BCUT2D eigenvalue weighted by molar-refractivity contribution is -0.162. The highest BCUT2D eigenvalue weighted by molar-refractivity contribution is 5.70. The zero-order valence-electron chi connectivity index (χ0n) is 39.9. The fourth-order valence-corrected chi connectivity index (χ4v) is 6.85. The van der Waals surface area contributed by atoms with Crippen LogP contribution in [0.2, 0.25) is 0 Å². The Morgan fingerprint density at radius 2 is 1.11 bits per heavy atom. The van der Waals surface area contributed by atoms with E-state index in [4.69, 9.17) is 28.4 Å². The van der Waals surface area contributed by atoms with E-state index >= 15 is 0 Å². The van der Waals surface area contributed by atoms with E-state index in [1.165, 1.54) is 77.0 Å². The Labute approximate surface area is 377 Å². The number of esters is 3. The van der Waals surface area contributed by atoms with Crippen molar-refractivity contribution in [3.63, 3.8) is 0 Å². The van der Waals surface area contributed by atoms with Crippen LogP contribution in [0.5, 0.6) is 0 Å². The standard InChI is InChI=1S/C51H90N2O9/c1-5-8-11-14-17-18-19-20-21-22-23-24-25-26-29-33-48(54)61-43-47(42-57-45-50(56)58-41-32-37-53-38-36-52-46(53)4)44-62-49(55)34-35-51(59-39-30-27-15-12-9-6-2)60-40-31-28-16-13-10-7-3/h17-18,20-21,36,38,47,51H,5-16,19,22-35,37,39-45H2,1-4H3/b18-17-,21-20-. The Hall–Kier alpha value is -3.02. The SMILES string of the molecule is CCCCC/C=C\C/C=C\CCCCCCCC(=O)OCC(COCC(=O)OCCCn1ccnc1C)COC(=O)CCC(OCCCCCCCC)OCCCCCCCC. The van der Waals surface area contributed by atoms with Gasteiger partial charge in [0.15, 0.2) is 6.29 Å². The Kier molecular flexibility index (Phi) is 39.8. The molecule has 11 nitrogen and oxygen atoms in total. The molecule has 0 aliphatic heterocycles. The van der Waals surface area contributed by atoms with E-state index in [9.17, 15) is 14.4 Å². The maximum Gasteiger partial charge on any atom is 0.332 e. The molecule has 1 unspecified atom stereocenters. The zero-order chi connectivity index (χ0) is 45.0. The second-order valence-electron chi connectivity index (χ2n) is 16.7.